The van der Waals surface area contributed by atoms with E-state index in [1.54, 1.807) is 0 Å². The lowest BCUT2D eigenvalue weighted by atomic mass is 9.83. The lowest BCUT2D eigenvalue weighted by Crippen LogP contribution is -2.04. The van der Waals surface area contributed by atoms with E-state index < -0.39 is 0 Å². The molecule has 26 heavy (non-hydrogen) atoms. The highest BCUT2D eigenvalue weighted by Gasteiger charge is 2.19. The van der Waals surface area contributed by atoms with E-state index in [0.717, 1.165) is 5.75 Å². The molecule has 0 fully saturated rings. The monoisotopic (exact) mass is 338 g/mol. The van der Waals surface area contributed by atoms with Crippen LogP contribution >= 0.6 is 0 Å². The van der Waals surface area contributed by atoms with Gasteiger partial charge < -0.3 is 4.74 Å². The van der Waals surface area contributed by atoms with Crippen molar-refractivity contribution in [3.8, 4) is 5.75 Å². The van der Waals surface area contributed by atoms with E-state index in [2.05, 4.69) is 97.1 Å². The highest BCUT2D eigenvalue weighted by atomic mass is 16.5. The molecule has 4 aromatic carbocycles. The van der Waals surface area contributed by atoms with Gasteiger partial charge >= 0.3 is 0 Å². The fourth-order valence-electron chi connectivity index (χ4n) is 3.67. The number of ether oxygens (including phenoxy) is 1. The van der Waals surface area contributed by atoms with Crippen molar-refractivity contribution in [3.05, 3.63) is 114 Å². The summed E-state index contributed by atoms with van der Waals surface area (Å²) in [5, 5.41) is 2.42. The predicted octanol–water partition coefficient (Wildman–Crippen LogP) is 6.42. The fraction of sp³-hybridized carbons (Fsp3) is 0.120. The van der Waals surface area contributed by atoms with Crippen LogP contribution < -0.4 is 4.74 Å². The summed E-state index contributed by atoms with van der Waals surface area (Å²) in [6.07, 6.45) is 0. The molecule has 1 heteroatoms. The van der Waals surface area contributed by atoms with Crippen molar-refractivity contribution in [3.63, 3.8) is 0 Å². The molecular weight excluding hydrogens is 316 g/mol. The first-order valence-corrected chi connectivity index (χ1v) is 9.13. The second-order valence-corrected chi connectivity index (χ2v) is 6.39. The SMILES string of the molecule is CCOc1ccc(C(c2ccccc2)c2ccccc2)c2ccccc12. The van der Waals surface area contributed by atoms with Gasteiger partial charge in [0, 0.05) is 11.3 Å². The van der Waals surface area contributed by atoms with Crippen LogP contribution in [-0.4, -0.2) is 6.61 Å². The molecule has 0 saturated carbocycles. The fourth-order valence-corrected chi connectivity index (χ4v) is 3.67. The highest BCUT2D eigenvalue weighted by Crippen LogP contribution is 2.38. The molecule has 0 aliphatic rings. The van der Waals surface area contributed by atoms with Gasteiger partial charge in [0.25, 0.3) is 0 Å². The van der Waals surface area contributed by atoms with E-state index in [9.17, 15) is 0 Å². The molecule has 4 aromatic rings. The third kappa shape index (κ3) is 3.09. The van der Waals surface area contributed by atoms with Crippen molar-refractivity contribution in [2.24, 2.45) is 0 Å². The Bertz CT molecular complexity index is 951. The smallest absolute Gasteiger partial charge is 0.127 e. The van der Waals surface area contributed by atoms with Gasteiger partial charge in [-0.3, -0.25) is 0 Å². The largest absolute Gasteiger partial charge is 0.493 e. The maximum Gasteiger partial charge on any atom is 0.127 e. The highest BCUT2D eigenvalue weighted by molar-refractivity contribution is 5.92. The topological polar surface area (TPSA) is 9.23 Å². The van der Waals surface area contributed by atoms with Crippen molar-refractivity contribution in [1.29, 1.82) is 0 Å². The third-order valence-corrected chi connectivity index (χ3v) is 4.79. The molecule has 0 unspecified atom stereocenters. The van der Waals surface area contributed by atoms with Crippen molar-refractivity contribution in [1.82, 2.24) is 0 Å². The van der Waals surface area contributed by atoms with Crippen molar-refractivity contribution < 1.29 is 4.74 Å². The molecule has 0 spiro atoms. The molecule has 1 nitrogen and oxygen atoms in total. The first kappa shape index (κ1) is 16.4. The summed E-state index contributed by atoms with van der Waals surface area (Å²) in [5.74, 6) is 1.14. The van der Waals surface area contributed by atoms with Gasteiger partial charge in [-0.1, -0.05) is 91.0 Å². The Hall–Kier alpha value is -3.06. The lowest BCUT2D eigenvalue weighted by molar-refractivity contribution is 0.344. The normalized spacial score (nSPS) is 11.0. The molecule has 0 aromatic heterocycles. The van der Waals surface area contributed by atoms with E-state index in [-0.39, 0.29) is 5.92 Å². The Kier molecular flexibility index (Phi) is 4.70. The first-order valence-electron chi connectivity index (χ1n) is 9.13. The zero-order chi connectivity index (χ0) is 17.8. The summed E-state index contributed by atoms with van der Waals surface area (Å²) < 4.78 is 5.87. The summed E-state index contributed by atoms with van der Waals surface area (Å²) in [7, 11) is 0. The van der Waals surface area contributed by atoms with E-state index in [4.69, 9.17) is 4.74 Å². The van der Waals surface area contributed by atoms with Crippen LogP contribution in [0.4, 0.5) is 0 Å². The summed E-state index contributed by atoms with van der Waals surface area (Å²) in [6.45, 7) is 2.70. The second kappa shape index (κ2) is 7.45. The molecule has 0 atom stereocenters. The molecule has 4 rings (SSSR count). The summed E-state index contributed by atoms with van der Waals surface area (Å²) in [5.41, 5.74) is 3.91. The van der Waals surface area contributed by atoms with Crippen molar-refractivity contribution in [2.45, 2.75) is 12.8 Å². The third-order valence-electron chi connectivity index (χ3n) is 4.79. The molecule has 0 heterocycles. The number of hydrogen-bond acceptors (Lipinski definition) is 1. The number of benzene rings is 4. The van der Waals surface area contributed by atoms with Gasteiger partial charge in [0.15, 0.2) is 0 Å². The van der Waals surface area contributed by atoms with Gasteiger partial charge in [-0.25, -0.2) is 0 Å². The number of fused-ring (bicyclic) bond motifs is 1. The van der Waals surface area contributed by atoms with Gasteiger partial charge in [-0.15, -0.1) is 0 Å². The zero-order valence-corrected chi connectivity index (χ0v) is 14.9. The minimum atomic E-state index is 0.193. The molecule has 0 bridgehead atoms. The molecular formula is C25H22O. The predicted molar refractivity (Wildman–Crippen MR) is 109 cm³/mol. The van der Waals surface area contributed by atoms with Crippen molar-refractivity contribution in [2.75, 3.05) is 6.61 Å². The maximum absolute atomic E-state index is 5.87. The van der Waals surface area contributed by atoms with Gasteiger partial charge in [-0.2, -0.15) is 0 Å². The lowest BCUT2D eigenvalue weighted by Gasteiger charge is -2.22. The Morgan fingerprint density at radius 1 is 0.615 bits per heavy atom. The van der Waals surface area contributed by atoms with Crippen LogP contribution in [0.15, 0.2) is 97.1 Å². The number of hydrogen-bond donors (Lipinski definition) is 0. The van der Waals surface area contributed by atoms with E-state index in [1.807, 2.05) is 6.92 Å². The number of rotatable bonds is 5. The second-order valence-electron chi connectivity index (χ2n) is 6.39. The summed E-state index contributed by atoms with van der Waals surface area (Å²) in [4.78, 5) is 0. The van der Waals surface area contributed by atoms with Gasteiger partial charge in [0.2, 0.25) is 0 Å². The van der Waals surface area contributed by atoms with E-state index in [1.165, 1.54) is 27.5 Å². The van der Waals surface area contributed by atoms with Gasteiger partial charge in [0.05, 0.1) is 6.61 Å². The van der Waals surface area contributed by atoms with Crippen LogP contribution in [0.1, 0.15) is 29.5 Å². The zero-order valence-electron chi connectivity index (χ0n) is 14.9. The Morgan fingerprint density at radius 2 is 1.15 bits per heavy atom. The van der Waals surface area contributed by atoms with Crippen LogP contribution in [0, 0.1) is 0 Å². The molecule has 0 radical (unpaired) electrons. The van der Waals surface area contributed by atoms with E-state index >= 15 is 0 Å². The Morgan fingerprint density at radius 3 is 1.73 bits per heavy atom. The molecule has 0 saturated heterocycles. The standard InChI is InChI=1S/C25H22O/c1-2-26-24-18-17-23(21-15-9-10-16-22(21)24)25(19-11-5-3-6-12-19)20-13-7-4-8-14-20/h3-18,25H,2H2,1H3. The van der Waals surface area contributed by atoms with Gasteiger partial charge in [0.1, 0.15) is 5.75 Å². The molecule has 128 valence electrons. The van der Waals surface area contributed by atoms with Crippen LogP contribution in [0.3, 0.4) is 0 Å². The van der Waals surface area contributed by atoms with Crippen molar-refractivity contribution >= 4 is 10.8 Å². The first-order chi connectivity index (χ1) is 12.9. The van der Waals surface area contributed by atoms with Crippen LogP contribution in [0.5, 0.6) is 5.75 Å². The Balaban J connectivity index is 1.96. The average Bonchev–Trinajstić information content (AvgIpc) is 2.71. The molecule has 0 aliphatic carbocycles. The van der Waals surface area contributed by atoms with Crippen LogP contribution in [-0.2, 0) is 0 Å². The average molecular weight is 338 g/mol. The molecule has 0 N–H and O–H groups in total. The maximum atomic E-state index is 5.87. The Labute approximate surface area is 154 Å². The molecule has 0 aliphatic heterocycles. The van der Waals surface area contributed by atoms with Gasteiger partial charge in [-0.05, 0) is 35.1 Å². The minimum absolute atomic E-state index is 0.193. The van der Waals surface area contributed by atoms with E-state index in [0.29, 0.717) is 6.61 Å². The van der Waals surface area contributed by atoms with Crippen LogP contribution in [0.2, 0.25) is 0 Å². The van der Waals surface area contributed by atoms with Crippen LogP contribution in [0.25, 0.3) is 10.8 Å². The summed E-state index contributed by atoms with van der Waals surface area (Å²) in [6, 6.07) is 34.3. The molecule has 0 amide bonds. The summed E-state index contributed by atoms with van der Waals surface area (Å²) >= 11 is 0. The minimum Gasteiger partial charge on any atom is -0.493 e. The quantitative estimate of drug-likeness (QED) is 0.382.